The Bertz CT molecular complexity index is 452. The maximum Gasteiger partial charge on any atom is 0.133 e. The van der Waals surface area contributed by atoms with E-state index in [1.54, 1.807) is 6.07 Å². The maximum atomic E-state index is 9.54. The molecular weight excluding hydrogens is 250 g/mol. The lowest BCUT2D eigenvalue weighted by Crippen LogP contribution is -1.85. The van der Waals surface area contributed by atoms with E-state index in [0.29, 0.717) is 5.75 Å². The van der Waals surface area contributed by atoms with Gasteiger partial charge in [-0.2, -0.15) is 0 Å². The van der Waals surface area contributed by atoms with Gasteiger partial charge in [0.1, 0.15) is 5.75 Å². The van der Waals surface area contributed by atoms with Crippen LogP contribution in [0.4, 0.5) is 5.69 Å². The average molecular weight is 258 g/mol. The third kappa shape index (κ3) is 1.30. The summed E-state index contributed by atoms with van der Waals surface area (Å²) >= 11 is 4.86. The predicted octanol–water partition coefficient (Wildman–Crippen LogP) is 3.08. The van der Waals surface area contributed by atoms with Gasteiger partial charge in [0.15, 0.2) is 0 Å². The van der Waals surface area contributed by atoms with Crippen molar-refractivity contribution in [2.45, 2.75) is 5.33 Å². The van der Waals surface area contributed by atoms with Crippen molar-refractivity contribution in [3.05, 3.63) is 23.1 Å². The molecule has 0 fully saturated rings. The van der Waals surface area contributed by atoms with Crippen LogP contribution in [0.15, 0.2) is 17.5 Å². The number of nitrogens with two attached hydrogens (primary N) is 1. The van der Waals surface area contributed by atoms with Crippen LogP contribution in [0.25, 0.3) is 10.1 Å². The predicted molar refractivity (Wildman–Crippen MR) is 60.5 cm³/mol. The highest BCUT2D eigenvalue weighted by atomic mass is 79.9. The number of phenols is 1. The van der Waals surface area contributed by atoms with E-state index in [9.17, 15) is 5.11 Å². The van der Waals surface area contributed by atoms with E-state index in [4.69, 9.17) is 5.73 Å². The van der Waals surface area contributed by atoms with Gasteiger partial charge in [-0.1, -0.05) is 22.0 Å². The molecule has 0 aliphatic heterocycles. The lowest BCUT2D eigenvalue weighted by Gasteiger charge is -2.01. The molecule has 13 heavy (non-hydrogen) atoms. The molecule has 3 N–H and O–H groups in total. The highest BCUT2D eigenvalue weighted by molar-refractivity contribution is 9.08. The van der Waals surface area contributed by atoms with Crippen LogP contribution in [0.3, 0.4) is 0 Å². The number of nitrogen functional groups attached to an aromatic ring is 1. The molecule has 1 heterocycles. The molecule has 2 rings (SSSR count). The number of hydrogen-bond acceptors (Lipinski definition) is 3. The van der Waals surface area contributed by atoms with E-state index in [2.05, 4.69) is 15.9 Å². The van der Waals surface area contributed by atoms with Crippen molar-refractivity contribution in [1.82, 2.24) is 0 Å². The number of phenolic OH excluding ortho intramolecular Hbond substituents is 1. The summed E-state index contributed by atoms with van der Waals surface area (Å²) in [6.07, 6.45) is 0. The van der Waals surface area contributed by atoms with Crippen LogP contribution in [0, 0.1) is 0 Å². The van der Waals surface area contributed by atoms with Crippen LogP contribution in [-0.4, -0.2) is 5.11 Å². The van der Waals surface area contributed by atoms with Crippen molar-refractivity contribution in [2.75, 3.05) is 5.73 Å². The fraction of sp³-hybridized carbons (Fsp3) is 0.111. The van der Waals surface area contributed by atoms with Crippen molar-refractivity contribution in [3.8, 4) is 5.75 Å². The Labute approximate surface area is 88.1 Å². The van der Waals surface area contributed by atoms with E-state index < -0.39 is 0 Å². The Balaban J connectivity index is 2.88. The third-order valence-electron chi connectivity index (χ3n) is 1.96. The normalized spacial score (nSPS) is 10.8. The van der Waals surface area contributed by atoms with Crippen LogP contribution < -0.4 is 5.73 Å². The standard InChI is InChI=1S/C9H8BrNOS/c10-3-5-1-2-7(12)9-8(5)6(11)4-13-9/h1-2,4,12H,3,11H2. The van der Waals surface area contributed by atoms with E-state index in [0.717, 1.165) is 26.7 Å². The minimum absolute atomic E-state index is 0.307. The van der Waals surface area contributed by atoms with Gasteiger partial charge in [0, 0.05) is 16.1 Å². The summed E-state index contributed by atoms with van der Waals surface area (Å²) in [6.45, 7) is 0. The molecule has 0 radical (unpaired) electrons. The SMILES string of the molecule is Nc1csc2c(O)ccc(CBr)c12. The zero-order valence-electron chi connectivity index (χ0n) is 6.75. The van der Waals surface area contributed by atoms with Gasteiger partial charge in [-0.3, -0.25) is 0 Å². The molecule has 0 unspecified atom stereocenters. The summed E-state index contributed by atoms with van der Waals surface area (Å²) in [6, 6.07) is 3.59. The van der Waals surface area contributed by atoms with Gasteiger partial charge in [-0.25, -0.2) is 0 Å². The largest absolute Gasteiger partial charge is 0.506 e. The topological polar surface area (TPSA) is 46.2 Å². The van der Waals surface area contributed by atoms with E-state index in [-0.39, 0.29) is 0 Å². The second-order valence-corrected chi connectivity index (χ2v) is 4.21. The van der Waals surface area contributed by atoms with Crippen LogP contribution in [-0.2, 0) is 5.33 Å². The number of hydrogen-bond donors (Lipinski definition) is 2. The second kappa shape index (κ2) is 3.20. The van der Waals surface area contributed by atoms with Gasteiger partial charge in [-0.05, 0) is 11.6 Å². The first-order valence-corrected chi connectivity index (χ1v) is 5.77. The fourth-order valence-electron chi connectivity index (χ4n) is 1.34. The van der Waals surface area contributed by atoms with Gasteiger partial charge in [0.2, 0.25) is 0 Å². The van der Waals surface area contributed by atoms with E-state index in [1.165, 1.54) is 11.3 Å². The van der Waals surface area contributed by atoms with Gasteiger partial charge >= 0.3 is 0 Å². The highest BCUT2D eigenvalue weighted by Gasteiger charge is 2.09. The van der Waals surface area contributed by atoms with E-state index in [1.807, 2.05) is 11.4 Å². The maximum absolute atomic E-state index is 9.54. The number of thiophene rings is 1. The molecule has 0 bridgehead atoms. The Morgan fingerprint density at radius 3 is 2.92 bits per heavy atom. The number of fused-ring (bicyclic) bond motifs is 1. The Morgan fingerprint density at radius 2 is 2.23 bits per heavy atom. The minimum atomic E-state index is 0.307. The van der Waals surface area contributed by atoms with Gasteiger partial charge in [0.25, 0.3) is 0 Å². The molecule has 0 spiro atoms. The lowest BCUT2D eigenvalue weighted by molar-refractivity contribution is 0.482. The first-order chi connectivity index (χ1) is 6.24. The monoisotopic (exact) mass is 257 g/mol. The van der Waals surface area contributed by atoms with Crippen molar-refractivity contribution in [2.24, 2.45) is 0 Å². The fourth-order valence-corrected chi connectivity index (χ4v) is 2.73. The molecule has 2 nitrogen and oxygen atoms in total. The smallest absolute Gasteiger partial charge is 0.133 e. The van der Waals surface area contributed by atoms with Gasteiger partial charge < -0.3 is 10.8 Å². The molecule has 0 amide bonds. The molecule has 68 valence electrons. The van der Waals surface area contributed by atoms with Crippen molar-refractivity contribution in [3.63, 3.8) is 0 Å². The number of aromatic hydroxyl groups is 1. The molecule has 0 saturated carbocycles. The summed E-state index contributed by atoms with van der Waals surface area (Å²) in [4.78, 5) is 0. The zero-order valence-corrected chi connectivity index (χ0v) is 9.15. The lowest BCUT2D eigenvalue weighted by atomic mass is 10.1. The quantitative estimate of drug-likeness (QED) is 0.772. The molecule has 1 aromatic heterocycles. The van der Waals surface area contributed by atoms with E-state index >= 15 is 0 Å². The van der Waals surface area contributed by atoms with Gasteiger partial charge in [-0.15, -0.1) is 11.3 Å². The number of benzene rings is 1. The van der Waals surface area contributed by atoms with Crippen LogP contribution in [0.2, 0.25) is 0 Å². The summed E-state index contributed by atoms with van der Waals surface area (Å²) < 4.78 is 0.870. The first kappa shape index (κ1) is 8.84. The van der Waals surface area contributed by atoms with Crippen molar-refractivity contribution >= 4 is 43.0 Å². The van der Waals surface area contributed by atoms with Crippen LogP contribution in [0.1, 0.15) is 5.56 Å². The Hall–Kier alpha value is -0.740. The highest BCUT2D eigenvalue weighted by Crippen LogP contribution is 2.37. The number of anilines is 1. The van der Waals surface area contributed by atoms with Crippen molar-refractivity contribution < 1.29 is 5.11 Å². The Kier molecular flexibility index (Phi) is 2.17. The van der Waals surface area contributed by atoms with Crippen LogP contribution >= 0.6 is 27.3 Å². The van der Waals surface area contributed by atoms with Crippen molar-refractivity contribution in [1.29, 1.82) is 0 Å². The van der Waals surface area contributed by atoms with Gasteiger partial charge in [0.05, 0.1) is 10.4 Å². The molecule has 0 saturated heterocycles. The number of alkyl halides is 1. The van der Waals surface area contributed by atoms with Crippen LogP contribution in [0.5, 0.6) is 5.75 Å². The first-order valence-electron chi connectivity index (χ1n) is 3.77. The summed E-state index contributed by atoms with van der Waals surface area (Å²) in [5.74, 6) is 0.307. The molecule has 0 aliphatic carbocycles. The summed E-state index contributed by atoms with van der Waals surface area (Å²) in [5.41, 5.74) is 7.66. The second-order valence-electron chi connectivity index (χ2n) is 2.77. The molecule has 0 aliphatic rings. The third-order valence-corrected chi connectivity index (χ3v) is 3.58. The molecule has 4 heteroatoms. The number of halogens is 1. The molecule has 0 atom stereocenters. The minimum Gasteiger partial charge on any atom is -0.506 e. The molecule has 2 aromatic rings. The zero-order chi connectivity index (χ0) is 9.42. The Morgan fingerprint density at radius 1 is 1.46 bits per heavy atom. The summed E-state index contributed by atoms with van der Waals surface area (Å²) in [7, 11) is 0. The molecular formula is C9H8BrNOS. The summed E-state index contributed by atoms with van der Waals surface area (Å²) in [5, 5.41) is 13.1. The molecule has 1 aromatic carbocycles. The average Bonchev–Trinajstić information content (AvgIpc) is 2.51. The number of rotatable bonds is 1.